The van der Waals surface area contributed by atoms with E-state index in [2.05, 4.69) is 15.9 Å². The molecule has 3 aromatic rings. The minimum Gasteiger partial charge on any atom is -0.497 e. The van der Waals surface area contributed by atoms with E-state index in [0.29, 0.717) is 45.7 Å². The van der Waals surface area contributed by atoms with Crippen LogP contribution >= 0.6 is 15.9 Å². The Bertz CT molecular complexity index is 1110. The fraction of sp³-hybridized carbons (Fsp3) is 0.300. The van der Waals surface area contributed by atoms with Gasteiger partial charge in [0.25, 0.3) is 10.0 Å². The molecule has 2 aromatic carbocycles. The Hall–Kier alpha value is -2.03. The molecule has 8 heteroatoms. The number of aromatic nitrogens is 1. The summed E-state index contributed by atoms with van der Waals surface area (Å²) in [5.74, 6) is 1.19. The van der Waals surface area contributed by atoms with Gasteiger partial charge in [0.1, 0.15) is 23.0 Å². The van der Waals surface area contributed by atoms with Crippen LogP contribution in [0.4, 0.5) is 0 Å². The van der Waals surface area contributed by atoms with Gasteiger partial charge in [0, 0.05) is 16.4 Å². The SMILES string of the molecule is COc1ccc2c(c1)c(OCCN(C)C)c(C)n2S(=O)(=O)c1ccccc1Br. The van der Waals surface area contributed by atoms with Gasteiger partial charge in [-0.2, -0.15) is 0 Å². The lowest BCUT2D eigenvalue weighted by Gasteiger charge is -2.13. The predicted octanol–water partition coefficient (Wildman–Crippen LogP) is 3.90. The van der Waals surface area contributed by atoms with Crippen LogP contribution in [0.15, 0.2) is 51.8 Å². The van der Waals surface area contributed by atoms with Crippen LogP contribution < -0.4 is 9.47 Å². The Balaban J connectivity index is 2.23. The van der Waals surface area contributed by atoms with Gasteiger partial charge in [-0.1, -0.05) is 12.1 Å². The number of nitrogens with zero attached hydrogens (tertiary/aromatic N) is 2. The van der Waals surface area contributed by atoms with Gasteiger partial charge in [0.2, 0.25) is 0 Å². The van der Waals surface area contributed by atoms with Crippen LogP contribution in [0.2, 0.25) is 0 Å². The molecule has 0 aliphatic rings. The molecule has 1 aromatic heterocycles. The first-order valence-corrected chi connectivity index (χ1v) is 11.0. The van der Waals surface area contributed by atoms with E-state index in [4.69, 9.17) is 9.47 Å². The smallest absolute Gasteiger partial charge is 0.269 e. The van der Waals surface area contributed by atoms with E-state index in [0.717, 1.165) is 0 Å². The van der Waals surface area contributed by atoms with E-state index in [9.17, 15) is 8.42 Å². The lowest BCUT2D eigenvalue weighted by Crippen LogP contribution is -2.20. The van der Waals surface area contributed by atoms with Crippen LogP contribution in [0.1, 0.15) is 5.69 Å². The summed E-state index contributed by atoms with van der Waals surface area (Å²) in [4.78, 5) is 2.21. The minimum absolute atomic E-state index is 0.200. The van der Waals surface area contributed by atoms with Crippen molar-refractivity contribution in [3.8, 4) is 11.5 Å². The first-order chi connectivity index (χ1) is 13.3. The van der Waals surface area contributed by atoms with Crippen molar-refractivity contribution in [2.75, 3.05) is 34.4 Å². The quantitative estimate of drug-likeness (QED) is 0.528. The zero-order valence-corrected chi connectivity index (χ0v) is 18.7. The molecule has 3 rings (SSSR count). The summed E-state index contributed by atoms with van der Waals surface area (Å²) >= 11 is 3.36. The molecule has 0 saturated carbocycles. The van der Waals surface area contributed by atoms with Crippen LogP contribution in [0, 0.1) is 6.92 Å². The van der Waals surface area contributed by atoms with Crippen LogP contribution in [0.25, 0.3) is 10.9 Å². The van der Waals surface area contributed by atoms with Gasteiger partial charge in [-0.15, -0.1) is 0 Å². The summed E-state index contributed by atoms with van der Waals surface area (Å²) in [6.45, 7) is 2.91. The van der Waals surface area contributed by atoms with Crippen molar-refractivity contribution in [1.29, 1.82) is 0 Å². The fourth-order valence-corrected chi connectivity index (χ4v) is 5.57. The van der Waals surface area contributed by atoms with Gasteiger partial charge < -0.3 is 14.4 Å². The molecule has 0 radical (unpaired) electrons. The molecule has 0 saturated heterocycles. The zero-order valence-electron chi connectivity index (χ0n) is 16.3. The molecule has 0 bridgehead atoms. The molecule has 150 valence electrons. The summed E-state index contributed by atoms with van der Waals surface area (Å²) in [6.07, 6.45) is 0. The lowest BCUT2D eigenvalue weighted by molar-refractivity contribution is 0.262. The molecule has 0 atom stereocenters. The topological polar surface area (TPSA) is 60.8 Å². The van der Waals surface area contributed by atoms with E-state index in [1.54, 1.807) is 56.5 Å². The summed E-state index contributed by atoms with van der Waals surface area (Å²) in [7, 11) is 1.67. The van der Waals surface area contributed by atoms with Crippen LogP contribution in [0.3, 0.4) is 0 Å². The Morgan fingerprint density at radius 1 is 1.14 bits per heavy atom. The molecule has 0 aliphatic carbocycles. The van der Waals surface area contributed by atoms with Crippen molar-refractivity contribution < 1.29 is 17.9 Å². The molecular weight excluding hydrogens is 444 g/mol. The predicted molar refractivity (Wildman–Crippen MR) is 114 cm³/mol. The summed E-state index contributed by atoms with van der Waals surface area (Å²) in [5, 5.41) is 0.700. The van der Waals surface area contributed by atoms with Gasteiger partial charge in [-0.25, -0.2) is 12.4 Å². The number of halogens is 1. The average molecular weight is 467 g/mol. The van der Waals surface area contributed by atoms with Crippen molar-refractivity contribution in [2.24, 2.45) is 0 Å². The maximum Gasteiger partial charge on any atom is 0.269 e. The number of benzene rings is 2. The third-order valence-corrected chi connectivity index (χ3v) is 7.26. The van der Waals surface area contributed by atoms with E-state index in [1.165, 1.54) is 3.97 Å². The molecule has 0 aliphatic heterocycles. The third-order valence-electron chi connectivity index (χ3n) is 4.44. The number of ether oxygens (including phenoxy) is 2. The molecule has 28 heavy (non-hydrogen) atoms. The van der Waals surface area contributed by atoms with E-state index < -0.39 is 10.0 Å². The van der Waals surface area contributed by atoms with Crippen molar-refractivity contribution >= 4 is 36.9 Å². The van der Waals surface area contributed by atoms with Gasteiger partial charge in [0.15, 0.2) is 0 Å². The van der Waals surface area contributed by atoms with Crippen LogP contribution in [0.5, 0.6) is 11.5 Å². The Morgan fingerprint density at radius 2 is 1.86 bits per heavy atom. The van der Waals surface area contributed by atoms with Crippen LogP contribution in [-0.2, 0) is 10.0 Å². The zero-order chi connectivity index (χ0) is 20.5. The molecular formula is C20H23BrN2O4S. The third kappa shape index (κ3) is 3.76. The standard InChI is InChI=1S/C20H23BrN2O4S/c1-14-20(27-12-11-22(2)3)16-13-15(26-4)9-10-18(16)23(14)28(24,25)19-8-6-5-7-17(19)21/h5-10,13H,11-12H2,1-4H3. The molecule has 0 fully saturated rings. The number of hydrogen-bond donors (Lipinski definition) is 0. The van der Waals surface area contributed by atoms with E-state index in [1.807, 2.05) is 19.0 Å². The Labute approximate surface area is 173 Å². The molecule has 0 unspecified atom stereocenters. The number of fused-ring (bicyclic) bond motifs is 1. The molecule has 0 amide bonds. The Kier molecular flexibility index (Phi) is 6.02. The number of methoxy groups -OCH3 is 1. The highest BCUT2D eigenvalue weighted by Crippen LogP contribution is 2.38. The largest absolute Gasteiger partial charge is 0.497 e. The van der Waals surface area contributed by atoms with E-state index >= 15 is 0 Å². The van der Waals surface area contributed by atoms with Crippen LogP contribution in [-0.4, -0.2) is 51.6 Å². The Morgan fingerprint density at radius 3 is 2.50 bits per heavy atom. The maximum absolute atomic E-state index is 13.5. The van der Waals surface area contributed by atoms with Gasteiger partial charge in [-0.3, -0.25) is 0 Å². The minimum atomic E-state index is -3.83. The second-order valence-electron chi connectivity index (χ2n) is 6.65. The molecule has 0 spiro atoms. The average Bonchev–Trinajstić information content (AvgIpc) is 2.93. The number of rotatable bonds is 7. The van der Waals surface area contributed by atoms with Gasteiger partial charge in [-0.05, 0) is 67.3 Å². The highest BCUT2D eigenvalue weighted by molar-refractivity contribution is 9.10. The molecule has 1 heterocycles. The highest BCUT2D eigenvalue weighted by atomic mass is 79.9. The van der Waals surface area contributed by atoms with E-state index in [-0.39, 0.29) is 4.90 Å². The lowest BCUT2D eigenvalue weighted by atomic mass is 10.2. The highest BCUT2D eigenvalue weighted by Gasteiger charge is 2.27. The van der Waals surface area contributed by atoms with Crippen molar-refractivity contribution in [1.82, 2.24) is 8.87 Å². The second kappa shape index (κ2) is 8.14. The first-order valence-electron chi connectivity index (χ1n) is 8.74. The number of hydrogen-bond acceptors (Lipinski definition) is 5. The number of likely N-dealkylation sites (N-methyl/N-ethyl adjacent to an activating group) is 1. The van der Waals surface area contributed by atoms with Crippen molar-refractivity contribution in [3.63, 3.8) is 0 Å². The monoisotopic (exact) mass is 466 g/mol. The summed E-state index contributed by atoms with van der Waals surface area (Å²) in [5.41, 5.74) is 1.08. The summed E-state index contributed by atoms with van der Waals surface area (Å²) < 4.78 is 40.1. The first kappa shape index (κ1) is 20.7. The second-order valence-corrected chi connectivity index (χ2v) is 9.26. The van der Waals surface area contributed by atoms with Gasteiger partial charge >= 0.3 is 0 Å². The molecule has 6 nitrogen and oxygen atoms in total. The van der Waals surface area contributed by atoms with Gasteiger partial charge in [0.05, 0.1) is 18.3 Å². The summed E-state index contributed by atoms with van der Waals surface area (Å²) in [6, 6.07) is 12.1. The fourth-order valence-electron chi connectivity index (χ4n) is 3.04. The normalized spacial score (nSPS) is 11.9. The van der Waals surface area contributed by atoms with Crippen molar-refractivity contribution in [2.45, 2.75) is 11.8 Å². The molecule has 0 N–H and O–H groups in total. The maximum atomic E-state index is 13.5. The van der Waals surface area contributed by atoms with Crippen molar-refractivity contribution in [3.05, 3.63) is 52.6 Å².